The third-order valence-electron chi connectivity index (χ3n) is 4.51. The summed E-state index contributed by atoms with van der Waals surface area (Å²) in [6.45, 7) is 3.58. The third kappa shape index (κ3) is 4.70. The quantitative estimate of drug-likeness (QED) is 0.919. The molecular weight excluding hydrogens is 305 g/mol. The summed E-state index contributed by atoms with van der Waals surface area (Å²) in [5, 5.41) is 3.25. The summed E-state index contributed by atoms with van der Waals surface area (Å²) in [5.74, 6) is -0.254. The van der Waals surface area contributed by atoms with Crippen LogP contribution in [0.5, 0.6) is 0 Å². The van der Waals surface area contributed by atoms with Gasteiger partial charge in [0.05, 0.1) is 5.56 Å². The number of hydrogen-bond donors (Lipinski definition) is 1. The minimum absolute atomic E-state index is 0.0122. The Kier molecular flexibility index (Phi) is 5.68. The van der Waals surface area contributed by atoms with Crippen molar-refractivity contribution in [1.82, 2.24) is 10.2 Å². The maximum absolute atomic E-state index is 12.8. The van der Waals surface area contributed by atoms with E-state index in [1.807, 2.05) is 0 Å². The first kappa shape index (κ1) is 17.8. The Bertz CT molecular complexity index is 539. The largest absolute Gasteiger partial charge is 0.416 e. The Balaban J connectivity index is 2.00. The van der Waals surface area contributed by atoms with Crippen molar-refractivity contribution in [3.05, 3.63) is 35.4 Å². The molecule has 0 radical (unpaired) electrons. The van der Waals surface area contributed by atoms with Crippen LogP contribution in [-0.2, 0) is 11.0 Å². The maximum atomic E-state index is 12.8. The standard InChI is InChI=1S/C17H23F3N2O/c1-12(13-4-3-5-14(11-13)17(18,19)20)10-16(23)22(2)15-6-8-21-9-7-15/h3-5,11-12,15,21H,6-10H2,1-2H3. The van der Waals surface area contributed by atoms with Crippen molar-refractivity contribution in [2.75, 3.05) is 20.1 Å². The second-order valence-electron chi connectivity index (χ2n) is 6.21. The lowest BCUT2D eigenvalue weighted by Gasteiger charge is -2.32. The zero-order valence-corrected chi connectivity index (χ0v) is 13.5. The maximum Gasteiger partial charge on any atom is 0.416 e. The van der Waals surface area contributed by atoms with Gasteiger partial charge in [-0.2, -0.15) is 13.2 Å². The molecular formula is C17H23F3N2O. The highest BCUT2D eigenvalue weighted by atomic mass is 19.4. The van der Waals surface area contributed by atoms with E-state index in [2.05, 4.69) is 5.32 Å². The van der Waals surface area contributed by atoms with Gasteiger partial charge < -0.3 is 10.2 Å². The van der Waals surface area contributed by atoms with Gasteiger partial charge in [-0.15, -0.1) is 0 Å². The molecule has 1 amide bonds. The first-order valence-corrected chi connectivity index (χ1v) is 7.92. The van der Waals surface area contributed by atoms with E-state index in [1.54, 1.807) is 24.9 Å². The normalized spacial score (nSPS) is 17.8. The number of rotatable bonds is 4. The number of piperidine rings is 1. The molecule has 1 unspecified atom stereocenters. The average Bonchev–Trinajstić information content (AvgIpc) is 2.54. The summed E-state index contributed by atoms with van der Waals surface area (Å²) in [4.78, 5) is 14.1. The number of carbonyl (C=O) groups excluding carboxylic acids is 1. The van der Waals surface area contributed by atoms with Gasteiger partial charge in [0.1, 0.15) is 0 Å². The molecule has 1 atom stereocenters. The zero-order chi connectivity index (χ0) is 17.0. The molecule has 2 rings (SSSR count). The number of halogens is 3. The molecule has 1 aromatic carbocycles. The van der Waals surface area contributed by atoms with E-state index < -0.39 is 11.7 Å². The predicted molar refractivity (Wildman–Crippen MR) is 83.1 cm³/mol. The fourth-order valence-corrected chi connectivity index (χ4v) is 2.94. The summed E-state index contributed by atoms with van der Waals surface area (Å²) in [6, 6.07) is 5.46. The minimum Gasteiger partial charge on any atom is -0.343 e. The van der Waals surface area contributed by atoms with Crippen LogP contribution in [0, 0.1) is 0 Å². The topological polar surface area (TPSA) is 32.3 Å². The summed E-state index contributed by atoms with van der Waals surface area (Å²) in [6.07, 6.45) is -2.30. The van der Waals surface area contributed by atoms with Crippen molar-refractivity contribution in [2.45, 2.75) is 44.3 Å². The minimum atomic E-state index is -4.36. The van der Waals surface area contributed by atoms with Gasteiger partial charge >= 0.3 is 6.18 Å². The smallest absolute Gasteiger partial charge is 0.343 e. The summed E-state index contributed by atoms with van der Waals surface area (Å²) in [7, 11) is 1.79. The van der Waals surface area contributed by atoms with Gasteiger partial charge in [-0.3, -0.25) is 4.79 Å². The SMILES string of the molecule is CC(CC(=O)N(C)C1CCNCC1)c1cccc(C(F)(F)F)c1. The molecule has 1 aliphatic heterocycles. The van der Waals surface area contributed by atoms with Crippen LogP contribution in [0.15, 0.2) is 24.3 Å². The molecule has 3 nitrogen and oxygen atoms in total. The van der Waals surface area contributed by atoms with Gasteiger partial charge in [0.25, 0.3) is 0 Å². The van der Waals surface area contributed by atoms with Gasteiger partial charge in [-0.1, -0.05) is 25.1 Å². The number of benzene rings is 1. The lowest BCUT2D eigenvalue weighted by atomic mass is 9.94. The summed E-state index contributed by atoms with van der Waals surface area (Å²) >= 11 is 0. The van der Waals surface area contributed by atoms with Crippen LogP contribution in [0.3, 0.4) is 0 Å². The summed E-state index contributed by atoms with van der Waals surface area (Å²) in [5.41, 5.74) is -0.118. The van der Waals surface area contributed by atoms with E-state index >= 15 is 0 Å². The molecule has 1 N–H and O–H groups in total. The fraction of sp³-hybridized carbons (Fsp3) is 0.588. The molecule has 128 valence electrons. The van der Waals surface area contributed by atoms with Crippen molar-refractivity contribution in [3.63, 3.8) is 0 Å². The molecule has 1 heterocycles. The van der Waals surface area contributed by atoms with Crippen LogP contribution >= 0.6 is 0 Å². The molecule has 0 bridgehead atoms. The van der Waals surface area contributed by atoms with E-state index in [0.29, 0.717) is 5.56 Å². The van der Waals surface area contributed by atoms with Gasteiger partial charge in [0, 0.05) is 19.5 Å². The molecule has 1 aromatic rings. The molecule has 0 aliphatic carbocycles. The lowest BCUT2D eigenvalue weighted by molar-refractivity contribution is -0.137. The highest BCUT2D eigenvalue weighted by Crippen LogP contribution is 2.32. The Morgan fingerprint density at radius 2 is 2.00 bits per heavy atom. The Morgan fingerprint density at radius 3 is 2.61 bits per heavy atom. The molecule has 0 spiro atoms. The van der Waals surface area contributed by atoms with Gasteiger partial charge in [0.2, 0.25) is 5.91 Å². The van der Waals surface area contributed by atoms with E-state index in [1.165, 1.54) is 6.07 Å². The highest BCUT2D eigenvalue weighted by molar-refractivity contribution is 5.77. The number of nitrogens with zero attached hydrogens (tertiary/aromatic N) is 1. The summed E-state index contributed by atoms with van der Waals surface area (Å²) < 4.78 is 38.4. The Morgan fingerprint density at radius 1 is 1.35 bits per heavy atom. The van der Waals surface area contributed by atoms with Crippen LogP contribution in [0.25, 0.3) is 0 Å². The van der Waals surface area contributed by atoms with Gasteiger partial charge in [-0.25, -0.2) is 0 Å². The van der Waals surface area contributed by atoms with E-state index in [9.17, 15) is 18.0 Å². The fourth-order valence-electron chi connectivity index (χ4n) is 2.94. The Hall–Kier alpha value is -1.56. The van der Waals surface area contributed by atoms with Crippen LogP contribution in [0.4, 0.5) is 13.2 Å². The zero-order valence-electron chi connectivity index (χ0n) is 13.5. The molecule has 1 aliphatic rings. The van der Waals surface area contributed by atoms with Crippen LogP contribution < -0.4 is 5.32 Å². The van der Waals surface area contributed by atoms with Gasteiger partial charge in [-0.05, 0) is 43.5 Å². The second kappa shape index (κ2) is 7.34. The Labute approximate surface area is 134 Å². The van der Waals surface area contributed by atoms with E-state index in [-0.39, 0.29) is 24.3 Å². The number of amides is 1. The van der Waals surface area contributed by atoms with E-state index in [0.717, 1.165) is 38.1 Å². The molecule has 0 saturated carbocycles. The molecule has 23 heavy (non-hydrogen) atoms. The van der Waals surface area contributed by atoms with Crippen LogP contribution in [0.2, 0.25) is 0 Å². The van der Waals surface area contributed by atoms with E-state index in [4.69, 9.17) is 0 Å². The van der Waals surface area contributed by atoms with Crippen molar-refractivity contribution < 1.29 is 18.0 Å². The van der Waals surface area contributed by atoms with Crippen molar-refractivity contribution in [1.29, 1.82) is 0 Å². The van der Waals surface area contributed by atoms with Crippen LogP contribution in [-0.4, -0.2) is 37.0 Å². The number of alkyl halides is 3. The highest BCUT2D eigenvalue weighted by Gasteiger charge is 2.31. The second-order valence-corrected chi connectivity index (χ2v) is 6.21. The predicted octanol–water partition coefficient (Wildman–Crippen LogP) is 3.41. The molecule has 0 aromatic heterocycles. The number of nitrogens with one attached hydrogen (secondary N) is 1. The molecule has 6 heteroatoms. The molecule has 1 saturated heterocycles. The van der Waals surface area contributed by atoms with Gasteiger partial charge in [0.15, 0.2) is 0 Å². The van der Waals surface area contributed by atoms with Crippen molar-refractivity contribution in [2.24, 2.45) is 0 Å². The van der Waals surface area contributed by atoms with Crippen LogP contribution in [0.1, 0.15) is 43.2 Å². The first-order valence-electron chi connectivity index (χ1n) is 7.92. The average molecular weight is 328 g/mol. The van der Waals surface area contributed by atoms with Crippen molar-refractivity contribution >= 4 is 5.91 Å². The molecule has 1 fully saturated rings. The monoisotopic (exact) mass is 328 g/mol. The lowest BCUT2D eigenvalue weighted by Crippen LogP contribution is -2.44. The first-order chi connectivity index (χ1) is 10.8. The number of hydrogen-bond acceptors (Lipinski definition) is 2. The van der Waals surface area contributed by atoms with Crippen molar-refractivity contribution in [3.8, 4) is 0 Å². The third-order valence-corrected chi connectivity index (χ3v) is 4.51. The number of carbonyl (C=O) groups is 1.